The quantitative estimate of drug-likeness (QED) is 0.473. The van der Waals surface area contributed by atoms with Gasteiger partial charge < -0.3 is 5.11 Å². The van der Waals surface area contributed by atoms with Gasteiger partial charge in [-0.05, 0) is 84.1 Å². The van der Waals surface area contributed by atoms with E-state index in [1.165, 1.54) is 23.1 Å². The molecule has 5 rings (SSSR count). The van der Waals surface area contributed by atoms with E-state index in [9.17, 15) is 17.9 Å². The summed E-state index contributed by atoms with van der Waals surface area (Å²) in [6.07, 6.45) is 6.40. The number of sulfone groups is 1. The molecule has 0 aliphatic heterocycles. The number of hydrogen-bond donors (Lipinski definition) is 1. The van der Waals surface area contributed by atoms with E-state index < -0.39 is 15.9 Å². The molecule has 0 spiro atoms. The molecule has 2 aliphatic rings. The molecule has 0 unspecified atom stereocenters. The maximum absolute atomic E-state index is 13.5. The predicted molar refractivity (Wildman–Crippen MR) is 141 cm³/mol. The molecule has 2 aliphatic carbocycles. The first kappa shape index (κ1) is 24.7. The zero-order chi connectivity index (χ0) is 25.5. The second kappa shape index (κ2) is 9.45. The molecule has 0 bridgehead atoms. The van der Waals surface area contributed by atoms with Gasteiger partial charge in [0.2, 0.25) is 0 Å². The van der Waals surface area contributed by atoms with Crippen LogP contribution in [0.2, 0.25) is 0 Å². The Morgan fingerprint density at radius 3 is 2.64 bits per heavy atom. The highest BCUT2D eigenvalue weighted by Crippen LogP contribution is 2.53. The van der Waals surface area contributed by atoms with Gasteiger partial charge in [0, 0.05) is 5.41 Å². The first-order valence-corrected chi connectivity index (χ1v) is 14.1. The van der Waals surface area contributed by atoms with Gasteiger partial charge in [-0.25, -0.2) is 17.5 Å². The molecule has 0 saturated heterocycles. The Labute approximate surface area is 211 Å². The van der Waals surface area contributed by atoms with E-state index in [1.807, 2.05) is 41.2 Å². The third-order valence-corrected chi connectivity index (χ3v) is 9.27. The van der Waals surface area contributed by atoms with Crippen LogP contribution in [0.25, 0.3) is 17.3 Å². The molecule has 1 saturated carbocycles. The number of fused-ring (bicyclic) bond motifs is 2. The Morgan fingerprint density at radius 1 is 1.22 bits per heavy atom. The summed E-state index contributed by atoms with van der Waals surface area (Å²) >= 11 is 0. The van der Waals surface area contributed by atoms with Crippen LogP contribution in [0.3, 0.4) is 0 Å². The molecule has 3 aromatic rings. The summed E-state index contributed by atoms with van der Waals surface area (Å²) in [6.45, 7) is 3.80. The van der Waals surface area contributed by atoms with Crippen LogP contribution in [-0.2, 0) is 16.3 Å². The van der Waals surface area contributed by atoms with Gasteiger partial charge in [0.05, 0.1) is 29.4 Å². The Kier molecular flexibility index (Phi) is 6.47. The van der Waals surface area contributed by atoms with Gasteiger partial charge in [-0.3, -0.25) is 0 Å². The van der Waals surface area contributed by atoms with Crippen molar-refractivity contribution in [2.75, 3.05) is 5.75 Å². The minimum atomic E-state index is -3.46. The lowest BCUT2D eigenvalue weighted by Crippen LogP contribution is -2.43. The van der Waals surface area contributed by atoms with Gasteiger partial charge in [-0.1, -0.05) is 49.8 Å². The molecule has 3 atom stereocenters. The molecule has 7 heteroatoms. The van der Waals surface area contributed by atoms with Crippen LogP contribution in [0, 0.1) is 17.2 Å². The van der Waals surface area contributed by atoms with Crippen molar-refractivity contribution in [1.29, 1.82) is 0 Å². The second-order valence-corrected chi connectivity index (χ2v) is 12.2. The van der Waals surface area contributed by atoms with Crippen molar-refractivity contribution in [3.8, 4) is 5.69 Å². The summed E-state index contributed by atoms with van der Waals surface area (Å²) in [5, 5.41) is 17.7. The first-order valence-electron chi connectivity index (χ1n) is 12.4. The number of hydrogen-bond acceptors (Lipinski definition) is 4. The number of rotatable bonds is 6. The van der Waals surface area contributed by atoms with Gasteiger partial charge in [-0.2, -0.15) is 5.10 Å². The third kappa shape index (κ3) is 4.46. The molecular formula is C29H31FN2O3S. The van der Waals surface area contributed by atoms with E-state index in [2.05, 4.69) is 18.1 Å². The lowest BCUT2D eigenvalue weighted by atomic mass is 9.57. The maximum atomic E-state index is 13.5. The number of aliphatic hydroxyl groups excluding tert-OH is 1. The van der Waals surface area contributed by atoms with Crippen LogP contribution in [-0.4, -0.2) is 35.2 Å². The lowest BCUT2D eigenvalue weighted by molar-refractivity contribution is 0.0591. The van der Waals surface area contributed by atoms with Gasteiger partial charge in [0.1, 0.15) is 5.82 Å². The summed E-state index contributed by atoms with van der Waals surface area (Å²) in [6, 6.07) is 15.6. The van der Waals surface area contributed by atoms with Crippen LogP contribution in [0.5, 0.6) is 0 Å². The summed E-state index contributed by atoms with van der Waals surface area (Å²) in [5.41, 5.74) is 4.92. The average molecular weight is 507 g/mol. The summed E-state index contributed by atoms with van der Waals surface area (Å²) in [7, 11) is -3.46. The molecule has 2 aromatic carbocycles. The van der Waals surface area contributed by atoms with Crippen molar-refractivity contribution in [2.24, 2.45) is 11.3 Å². The fourth-order valence-electron chi connectivity index (χ4n) is 5.81. The fourth-order valence-corrected chi connectivity index (χ4v) is 6.63. The number of aliphatic hydroxyl groups is 1. The Bertz CT molecular complexity index is 1420. The minimum absolute atomic E-state index is 0.0188. The highest BCUT2D eigenvalue weighted by atomic mass is 32.2. The van der Waals surface area contributed by atoms with Crippen LogP contribution < -0.4 is 0 Å². The zero-order valence-corrected chi connectivity index (χ0v) is 21.4. The fraction of sp³-hybridized carbons (Fsp3) is 0.345. The number of aromatic nitrogens is 2. The highest BCUT2D eigenvalue weighted by molar-refractivity contribution is 7.94. The van der Waals surface area contributed by atoms with Gasteiger partial charge >= 0.3 is 0 Å². The van der Waals surface area contributed by atoms with Crippen LogP contribution >= 0.6 is 0 Å². The van der Waals surface area contributed by atoms with E-state index in [-0.39, 0.29) is 22.9 Å². The maximum Gasteiger partial charge on any atom is 0.171 e. The first-order chi connectivity index (χ1) is 17.2. The molecule has 36 heavy (non-hydrogen) atoms. The van der Waals surface area contributed by atoms with E-state index >= 15 is 0 Å². The Balaban J connectivity index is 1.54. The summed E-state index contributed by atoms with van der Waals surface area (Å²) < 4.78 is 40.5. The minimum Gasteiger partial charge on any atom is -0.388 e. The van der Waals surface area contributed by atoms with E-state index in [0.717, 1.165) is 41.8 Å². The van der Waals surface area contributed by atoms with Crippen molar-refractivity contribution in [3.63, 3.8) is 0 Å². The molecule has 0 amide bonds. The van der Waals surface area contributed by atoms with Crippen molar-refractivity contribution >= 4 is 21.5 Å². The monoisotopic (exact) mass is 506 g/mol. The zero-order valence-electron chi connectivity index (χ0n) is 20.6. The molecule has 1 N–H and O–H groups in total. The Hall–Kier alpha value is -3.03. The molecule has 1 aromatic heterocycles. The van der Waals surface area contributed by atoms with E-state index in [4.69, 9.17) is 0 Å². The molecule has 1 heterocycles. The largest absolute Gasteiger partial charge is 0.388 e. The van der Waals surface area contributed by atoms with Crippen molar-refractivity contribution < 1.29 is 17.9 Å². The Morgan fingerprint density at radius 2 is 1.94 bits per heavy atom. The van der Waals surface area contributed by atoms with Gasteiger partial charge in [0.25, 0.3) is 0 Å². The van der Waals surface area contributed by atoms with Crippen LogP contribution in [0.1, 0.15) is 49.9 Å². The van der Waals surface area contributed by atoms with Crippen molar-refractivity contribution in [1.82, 2.24) is 9.78 Å². The standard InChI is InChI=1S/C29H31FN2O3S/c1-3-36(34,35)19-25(20-8-5-4-6-9-20)28(33)26-11-7-10-22-16-27-21(17-29(22,26)2)18-31-32(27)24-14-12-23(30)13-15-24/h4-6,8-9,12-16,18-19,26,28,33H,3,7,10-11,17H2,1-2H3/b25-19+/t26-,28+,29+/m1/s1. The normalized spacial score (nSPS) is 22.9. The molecule has 188 valence electrons. The SMILES string of the molecule is CCS(=O)(=O)/C=C(\c1ccccc1)[C@H](O)[C@H]1CCCC2=Cc3c(cnn3-c3ccc(F)cc3)C[C@@]21C. The molecule has 0 radical (unpaired) electrons. The predicted octanol–water partition coefficient (Wildman–Crippen LogP) is 5.59. The molecule has 1 fully saturated rings. The van der Waals surface area contributed by atoms with E-state index in [1.54, 1.807) is 19.1 Å². The number of halogens is 1. The molecular weight excluding hydrogens is 475 g/mol. The molecule has 5 nitrogen and oxygen atoms in total. The van der Waals surface area contributed by atoms with E-state index in [0.29, 0.717) is 12.0 Å². The average Bonchev–Trinajstić information content (AvgIpc) is 3.28. The van der Waals surface area contributed by atoms with Gasteiger partial charge in [0.15, 0.2) is 9.84 Å². The second-order valence-electron chi connectivity index (χ2n) is 10.0. The highest BCUT2D eigenvalue weighted by Gasteiger charge is 2.47. The van der Waals surface area contributed by atoms with Crippen molar-refractivity contribution in [2.45, 2.75) is 45.6 Å². The number of nitrogens with zero attached hydrogens (tertiary/aromatic N) is 2. The topological polar surface area (TPSA) is 72.2 Å². The summed E-state index contributed by atoms with van der Waals surface area (Å²) in [4.78, 5) is 0. The smallest absolute Gasteiger partial charge is 0.171 e. The number of allylic oxidation sites excluding steroid dienone is 1. The summed E-state index contributed by atoms with van der Waals surface area (Å²) in [5.74, 6) is -0.463. The third-order valence-electron chi connectivity index (χ3n) is 7.86. The van der Waals surface area contributed by atoms with Gasteiger partial charge in [-0.15, -0.1) is 0 Å². The number of benzene rings is 2. The lowest BCUT2D eigenvalue weighted by Gasteiger charge is -2.48. The van der Waals surface area contributed by atoms with Crippen LogP contribution in [0.4, 0.5) is 4.39 Å². The van der Waals surface area contributed by atoms with Crippen molar-refractivity contribution in [3.05, 3.63) is 94.4 Å². The van der Waals surface area contributed by atoms with Crippen LogP contribution in [0.15, 0.2) is 71.8 Å².